The number of para-hydroxylation sites is 1. The molecule has 0 radical (unpaired) electrons. The van der Waals surface area contributed by atoms with Crippen LogP contribution >= 0.6 is 0 Å². The molecule has 1 saturated heterocycles. The number of ether oxygens (including phenoxy) is 1. The van der Waals surface area contributed by atoms with Crippen LogP contribution in [0.4, 0.5) is 0 Å². The molecular formula is C34H41NO6. The maximum Gasteiger partial charge on any atom is 0.234 e. The van der Waals surface area contributed by atoms with Crippen molar-refractivity contribution >= 4 is 23.5 Å². The Bertz CT molecular complexity index is 1300. The quantitative estimate of drug-likeness (QED) is 0.216. The van der Waals surface area contributed by atoms with Gasteiger partial charge in [-0.15, -0.1) is 0 Å². The van der Waals surface area contributed by atoms with E-state index in [1.54, 1.807) is 19.2 Å². The van der Waals surface area contributed by atoms with Crippen LogP contribution in [0.15, 0.2) is 65.7 Å². The highest BCUT2D eigenvalue weighted by molar-refractivity contribution is 6.06. The highest BCUT2D eigenvalue weighted by Crippen LogP contribution is 2.47. The van der Waals surface area contributed by atoms with Gasteiger partial charge in [0.15, 0.2) is 0 Å². The van der Waals surface area contributed by atoms with Crippen LogP contribution in [0.5, 0.6) is 5.75 Å². The molecule has 41 heavy (non-hydrogen) atoms. The smallest absolute Gasteiger partial charge is 0.234 e. The number of carbonyl (C=O) groups is 2. The summed E-state index contributed by atoms with van der Waals surface area (Å²) in [4.78, 5) is 28.8. The number of imide groups is 1. The number of aliphatic hydroxyl groups excluding tert-OH is 2. The van der Waals surface area contributed by atoms with Crippen LogP contribution in [0.2, 0.25) is 0 Å². The molecule has 0 aromatic heterocycles. The summed E-state index contributed by atoms with van der Waals surface area (Å²) in [6.45, 7) is -0.0894. The van der Waals surface area contributed by atoms with Gasteiger partial charge in [-0.05, 0) is 66.5 Å². The third-order valence-corrected chi connectivity index (χ3v) is 9.13. The van der Waals surface area contributed by atoms with E-state index in [9.17, 15) is 24.9 Å². The lowest BCUT2D eigenvalue weighted by molar-refractivity contribution is -0.143. The number of methoxy groups -OCH3 is 1. The number of carbonyl (C=O) groups excluding carboxylic acids is 2. The Morgan fingerprint density at radius 3 is 2.41 bits per heavy atom. The number of allylic oxidation sites excluding steroid dienone is 1. The number of hydrogen-bond donors (Lipinski definition) is 3. The molecule has 7 heteroatoms. The lowest BCUT2D eigenvalue weighted by Gasteiger charge is -2.36. The van der Waals surface area contributed by atoms with Gasteiger partial charge in [-0.3, -0.25) is 14.5 Å². The van der Waals surface area contributed by atoms with Crippen molar-refractivity contribution in [2.45, 2.75) is 63.5 Å². The zero-order valence-electron chi connectivity index (χ0n) is 23.7. The second-order valence-electron chi connectivity index (χ2n) is 11.6. The summed E-state index contributed by atoms with van der Waals surface area (Å²) in [5, 5.41) is 32.7. The second-order valence-corrected chi connectivity index (χ2v) is 11.6. The van der Waals surface area contributed by atoms with E-state index in [0.717, 1.165) is 48.8 Å². The van der Waals surface area contributed by atoms with Crippen molar-refractivity contribution in [3.63, 3.8) is 0 Å². The fourth-order valence-corrected chi connectivity index (χ4v) is 7.19. The summed E-state index contributed by atoms with van der Waals surface area (Å²) in [7, 11) is 1.58. The average molecular weight is 560 g/mol. The maximum atomic E-state index is 13.8. The fourth-order valence-electron chi connectivity index (χ4n) is 7.19. The van der Waals surface area contributed by atoms with Crippen molar-refractivity contribution in [3.05, 3.63) is 76.9 Å². The van der Waals surface area contributed by atoms with Crippen LogP contribution in [-0.2, 0) is 14.3 Å². The molecule has 2 aromatic rings. The van der Waals surface area contributed by atoms with E-state index in [-0.39, 0.29) is 36.8 Å². The van der Waals surface area contributed by atoms with E-state index in [1.165, 1.54) is 4.90 Å². The second kappa shape index (κ2) is 13.1. The predicted octanol–water partition coefficient (Wildman–Crippen LogP) is 4.96. The Kier molecular flexibility index (Phi) is 9.38. The maximum absolute atomic E-state index is 13.8. The van der Waals surface area contributed by atoms with Gasteiger partial charge < -0.3 is 20.1 Å². The number of hydrogen-bond acceptors (Lipinski definition) is 6. The fraction of sp³-hybridized carbons (Fsp3) is 0.471. The molecular weight excluding hydrogens is 518 g/mol. The van der Waals surface area contributed by atoms with Gasteiger partial charge in [-0.2, -0.15) is 0 Å². The van der Waals surface area contributed by atoms with E-state index in [2.05, 4.69) is 0 Å². The SMILES string of the molecule is COCC1=C([C@H](O)CC/C(=C/c2ccccc2O)c2ccccc2)[C@H](CO)[C@@H]2C(=O)N(C3CCCCC3)C(=O)[C@@H]2C1. The Labute approximate surface area is 242 Å². The molecule has 0 unspecified atom stereocenters. The molecule has 218 valence electrons. The number of aromatic hydroxyl groups is 1. The number of rotatable bonds is 10. The standard InChI is InChI=1S/C34H41NO6/c1-41-21-25-19-27-32(34(40)35(33(27)39)26-13-6-3-7-14-26)28(20-36)31(25)30(38)17-16-23(22-10-4-2-5-11-22)18-24-12-8-9-15-29(24)37/h2,4-5,8-12,15,18,26-28,30,32,36-38H,3,6-7,13-14,16-17,19-21H2,1H3/b23-18-/t27-,28+,30-,32-/m1/s1. The predicted molar refractivity (Wildman–Crippen MR) is 157 cm³/mol. The molecule has 0 bridgehead atoms. The first-order valence-electron chi connectivity index (χ1n) is 14.8. The zero-order chi connectivity index (χ0) is 28.9. The minimum absolute atomic E-state index is 0.0686. The van der Waals surface area contributed by atoms with Gasteiger partial charge in [-0.1, -0.05) is 67.8 Å². The van der Waals surface area contributed by atoms with Gasteiger partial charge in [0, 0.05) is 24.6 Å². The van der Waals surface area contributed by atoms with Crippen LogP contribution in [0.3, 0.4) is 0 Å². The Morgan fingerprint density at radius 1 is 1.02 bits per heavy atom. The molecule has 1 saturated carbocycles. The molecule has 5 rings (SSSR count). The van der Waals surface area contributed by atoms with Crippen LogP contribution < -0.4 is 0 Å². The Morgan fingerprint density at radius 2 is 1.73 bits per heavy atom. The van der Waals surface area contributed by atoms with E-state index in [0.29, 0.717) is 30.4 Å². The topological polar surface area (TPSA) is 107 Å². The lowest BCUT2D eigenvalue weighted by Crippen LogP contribution is -2.42. The van der Waals surface area contributed by atoms with Crippen molar-refractivity contribution in [2.24, 2.45) is 17.8 Å². The number of likely N-dealkylation sites (tertiary alicyclic amines) is 1. The monoisotopic (exact) mass is 559 g/mol. The highest BCUT2D eigenvalue weighted by Gasteiger charge is 2.56. The summed E-state index contributed by atoms with van der Waals surface area (Å²) in [6, 6.07) is 16.9. The largest absolute Gasteiger partial charge is 0.507 e. The Hall–Kier alpha value is -3.26. The van der Waals surface area contributed by atoms with Gasteiger partial charge in [-0.25, -0.2) is 0 Å². The van der Waals surface area contributed by atoms with Crippen molar-refractivity contribution in [2.75, 3.05) is 20.3 Å². The number of phenols is 1. The molecule has 3 aliphatic rings. The minimum Gasteiger partial charge on any atom is -0.507 e. The first-order valence-corrected chi connectivity index (χ1v) is 14.8. The number of phenolic OH excluding ortho intramolecular Hbond substituents is 1. The van der Waals surface area contributed by atoms with E-state index in [1.807, 2.05) is 48.5 Å². The van der Waals surface area contributed by atoms with Crippen LogP contribution in [-0.4, -0.2) is 64.5 Å². The molecule has 0 spiro atoms. The van der Waals surface area contributed by atoms with Crippen LogP contribution in [0, 0.1) is 17.8 Å². The van der Waals surface area contributed by atoms with Crippen molar-refractivity contribution in [3.8, 4) is 5.75 Å². The van der Waals surface area contributed by atoms with Gasteiger partial charge in [0.25, 0.3) is 0 Å². The third kappa shape index (κ3) is 6.03. The van der Waals surface area contributed by atoms with E-state index in [4.69, 9.17) is 4.74 Å². The van der Waals surface area contributed by atoms with Crippen LogP contribution in [0.1, 0.15) is 62.5 Å². The first kappa shape index (κ1) is 29.2. The molecule has 2 aromatic carbocycles. The summed E-state index contributed by atoms with van der Waals surface area (Å²) < 4.78 is 5.50. The summed E-state index contributed by atoms with van der Waals surface area (Å²) in [5.74, 6) is -1.98. The highest BCUT2D eigenvalue weighted by atomic mass is 16.5. The summed E-state index contributed by atoms with van der Waals surface area (Å²) in [6.07, 6.45) is 7.01. The molecule has 2 amide bonds. The van der Waals surface area contributed by atoms with Crippen molar-refractivity contribution in [1.29, 1.82) is 0 Å². The first-order chi connectivity index (χ1) is 19.9. The number of benzene rings is 2. The van der Waals surface area contributed by atoms with Crippen molar-refractivity contribution in [1.82, 2.24) is 4.90 Å². The molecule has 1 heterocycles. The van der Waals surface area contributed by atoms with Crippen LogP contribution in [0.25, 0.3) is 11.6 Å². The molecule has 3 N–H and O–H groups in total. The number of aliphatic hydroxyl groups is 2. The van der Waals surface area contributed by atoms with Gasteiger partial charge in [0.2, 0.25) is 11.8 Å². The molecule has 2 fully saturated rings. The molecule has 7 nitrogen and oxygen atoms in total. The summed E-state index contributed by atoms with van der Waals surface area (Å²) >= 11 is 0. The lowest BCUT2D eigenvalue weighted by atomic mass is 9.68. The number of fused-ring (bicyclic) bond motifs is 1. The summed E-state index contributed by atoms with van der Waals surface area (Å²) in [5.41, 5.74) is 4.06. The van der Waals surface area contributed by atoms with Gasteiger partial charge >= 0.3 is 0 Å². The normalized spacial score (nSPS) is 24.6. The molecule has 2 aliphatic carbocycles. The number of nitrogens with zero attached hydrogens (tertiary/aromatic N) is 1. The average Bonchev–Trinajstić information content (AvgIpc) is 3.25. The van der Waals surface area contributed by atoms with E-state index < -0.39 is 23.9 Å². The number of amides is 2. The Balaban J connectivity index is 1.42. The molecule has 4 atom stereocenters. The molecule has 1 aliphatic heterocycles. The van der Waals surface area contributed by atoms with Gasteiger partial charge in [0.1, 0.15) is 5.75 Å². The minimum atomic E-state index is -0.929. The zero-order valence-corrected chi connectivity index (χ0v) is 23.7. The van der Waals surface area contributed by atoms with E-state index >= 15 is 0 Å². The van der Waals surface area contributed by atoms with Crippen molar-refractivity contribution < 1.29 is 29.6 Å². The van der Waals surface area contributed by atoms with Gasteiger partial charge in [0.05, 0.1) is 31.2 Å². The third-order valence-electron chi connectivity index (χ3n) is 9.13.